The van der Waals surface area contributed by atoms with E-state index < -0.39 is 0 Å². The lowest BCUT2D eigenvalue weighted by Crippen LogP contribution is -2.44. The largest absolute Gasteiger partial charge is 0.342 e. The van der Waals surface area contributed by atoms with Gasteiger partial charge in [-0.15, -0.1) is 0 Å². The Morgan fingerprint density at radius 3 is 2.43 bits per heavy atom. The number of piperidine rings is 1. The van der Waals surface area contributed by atoms with E-state index in [0.717, 1.165) is 42.9 Å². The van der Waals surface area contributed by atoms with Crippen LogP contribution in [-0.2, 0) is 11.2 Å². The van der Waals surface area contributed by atoms with Crippen molar-refractivity contribution in [1.82, 2.24) is 20.0 Å². The Labute approximate surface area is 126 Å². The Balaban J connectivity index is 1.58. The van der Waals surface area contributed by atoms with Gasteiger partial charge in [-0.05, 0) is 52.1 Å². The molecule has 1 N–H and O–H groups in total. The standard InChI is InChI=1S/C16H26N4O/c1-12-14(13(2)18-17-12)10-15(21)20-8-5-16(6-9-20)4-7-19(3)11-16/h4-11H2,1-3H3,(H,17,18). The smallest absolute Gasteiger partial charge is 0.227 e. The SMILES string of the molecule is Cc1n[nH]c(C)c1CC(=O)N1CCC2(CCN(C)C2)CC1. The van der Waals surface area contributed by atoms with Crippen LogP contribution in [0.2, 0.25) is 0 Å². The molecule has 1 aromatic rings. The van der Waals surface area contributed by atoms with Crippen molar-refractivity contribution in [2.24, 2.45) is 5.41 Å². The molecule has 116 valence electrons. The molecule has 21 heavy (non-hydrogen) atoms. The van der Waals surface area contributed by atoms with Gasteiger partial charge in [-0.2, -0.15) is 5.10 Å². The molecule has 0 bridgehead atoms. The third-order valence-electron chi connectivity index (χ3n) is 5.41. The molecular formula is C16H26N4O. The predicted molar refractivity (Wildman–Crippen MR) is 82.1 cm³/mol. The van der Waals surface area contributed by atoms with Gasteiger partial charge in [0.1, 0.15) is 0 Å². The first kappa shape index (κ1) is 14.6. The highest BCUT2D eigenvalue weighted by molar-refractivity contribution is 5.79. The van der Waals surface area contributed by atoms with Gasteiger partial charge < -0.3 is 9.80 Å². The Morgan fingerprint density at radius 1 is 1.24 bits per heavy atom. The van der Waals surface area contributed by atoms with Gasteiger partial charge in [-0.25, -0.2) is 0 Å². The van der Waals surface area contributed by atoms with Crippen LogP contribution in [0, 0.1) is 19.3 Å². The van der Waals surface area contributed by atoms with Crippen LogP contribution < -0.4 is 0 Å². The quantitative estimate of drug-likeness (QED) is 0.898. The summed E-state index contributed by atoms with van der Waals surface area (Å²) in [4.78, 5) is 17.0. The van der Waals surface area contributed by atoms with E-state index in [1.165, 1.54) is 19.5 Å². The van der Waals surface area contributed by atoms with Crippen molar-refractivity contribution in [3.05, 3.63) is 17.0 Å². The van der Waals surface area contributed by atoms with Crippen LogP contribution in [0.25, 0.3) is 0 Å². The summed E-state index contributed by atoms with van der Waals surface area (Å²) >= 11 is 0. The average molecular weight is 290 g/mol. The molecule has 2 aliphatic rings. The Kier molecular flexibility index (Phi) is 3.78. The number of rotatable bonds is 2. The van der Waals surface area contributed by atoms with E-state index in [1.54, 1.807) is 0 Å². The van der Waals surface area contributed by atoms with Crippen molar-refractivity contribution in [1.29, 1.82) is 0 Å². The van der Waals surface area contributed by atoms with Crippen molar-refractivity contribution in [3.8, 4) is 0 Å². The second kappa shape index (κ2) is 5.44. The molecule has 3 rings (SSSR count). The van der Waals surface area contributed by atoms with Crippen molar-refractivity contribution in [2.45, 2.75) is 39.5 Å². The number of carbonyl (C=O) groups excluding carboxylic acids is 1. The highest BCUT2D eigenvalue weighted by Gasteiger charge is 2.40. The van der Waals surface area contributed by atoms with Crippen molar-refractivity contribution < 1.29 is 4.79 Å². The van der Waals surface area contributed by atoms with E-state index >= 15 is 0 Å². The molecule has 1 amide bonds. The highest BCUT2D eigenvalue weighted by Crippen LogP contribution is 2.39. The number of hydrogen-bond acceptors (Lipinski definition) is 3. The van der Waals surface area contributed by atoms with Gasteiger partial charge >= 0.3 is 0 Å². The lowest BCUT2D eigenvalue weighted by atomic mass is 9.77. The van der Waals surface area contributed by atoms with E-state index in [2.05, 4.69) is 27.0 Å². The monoisotopic (exact) mass is 290 g/mol. The zero-order valence-corrected chi connectivity index (χ0v) is 13.4. The fraction of sp³-hybridized carbons (Fsp3) is 0.750. The van der Waals surface area contributed by atoms with Crippen LogP contribution in [0.1, 0.15) is 36.2 Å². The first-order chi connectivity index (χ1) is 9.99. The molecule has 0 atom stereocenters. The van der Waals surface area contributed by atoms with Gasteiger partial charge in [0.2, 0.25) is 5.91 Å². The molecule has 0 radical (unpaired) electrons. The molecule has 0 unspecified atom stereocenters. The van der Waals surface area contributed by atoms with E-state index in [4.69, 9.17) is 0 Å². The van der Waals surface area contributed by atoms with Gasteiger partial charge in [0.05, 0.1) is 12.1 Å². The lowest BCUT2D eigenvalue weighted by Gasteiger charge is -2.39. The molecule has 0 aliphatic carbocycles. The number of nitrogens with one attached hydrogen (secondary N) is 1. The molecule has 0 aromatic carbocycles. The fourth-order valence-corrected chi connectivity index (χ4v) is 3.89. The molecule has 2 saturated heterocycles. The zero-order valence-electron chi connectivity index (χ0n) is 13.4. The van der Waals surface area contributed by atoms with Crippen LogP contribution in [0.5, 0.6) is 0 Å². The number of amides is 1. The van der Waals surface area contributed by atoms with Crippen LogP contribution >= 0.6 is 0 Å². The predicted octanol–water partition coefficient (Wildman–Crippen LogP) is 1.51. The third-order valence-corrected chi connectivity index (χ3v) is 5.41. The summed E-state index contributed by atoms with van der Waals surface area (Å²) in [5.41, 5.74) is 3.52. The summed E-state index contributed by atoms with van der Waals surface area (Å²) in [7, 11) is 2.21. The molecule has 2 fully saturated rings. The van der Waals surface area contributed by atoms with E-state index in [9.17, 15) is 4.79 Å². The maximum absolute atomic E-state index is 12.5. The maximum Gasteiger partial charge on any atom is 0.227 e. The highest BCUT2D eigenvalue weighted by atomic mass is 16.2. The fourth-order valence-electron chi connectivity index (χ4n) is 3.89. The number of nitrogens with zero attached hydrogens (tertiary/aromatic N) is 3. The summed E-state index contributed by atoms with van der Waals surface area (Å²) in [6.45, 7) is 8.20. The number of aryl methyl sites for hydroxylation is 2. The summed E-state index contributed by atoms with van der Waals surface area (Å²) in [6, 6.07) is 0. The number of H-pyrrole nitrogens is 1. The molecule has 1 aromatic heterocycles. The van der Waals surface area contributed by atoms with Gasteiger partial charge in [0, 0.05) is 30.9 Å². The maximum atomic E-state index is 12.5. The first-order valence-electron chi connectivity index (χ1n) is 7.96. The number of likely N-dealkylation sites (tertiary alicyclic amines) is 2. The minimum Gasteiger partial charge on any atom is -0.342 e. The molecule has 5 nitrogen and oxygen atoms in total. The lowest BCUT2D eigenvalue weighted by molar-refractivity contribution is -0.132. The van der Waals surface area contributed by atoms with Crippen molar-refractivity contribution in [2.75, 3.05) is 33.2 Å². The summed E-state index contributed by atoms with van der Waals surface area (Å²) in [6.07, 6.45) is 4.10. The molecule has 3 heterocycles. The molecular weight excluding hydrogens is 264 g/mol. The first-order valence-corrected chi connectivity index (χ1v) is 7.96. The van der Waals surface area contributed by atoms with Crippen LogP contribution in [-0.4, -0.2) is 59.1 Å². The summed E-state index contributed by atoms with van der Waals surface area (Å²) in [5, 5.41) is 7.14. The molecule has 1 spiro atoms. The molecule has 2 aliphatic heterocycles. The second-order valence-electron chi connectivity index (χ2n) is 6.96. The Hall–Kier alpha value is -1.36. The summed E-state index contributed by atoms with van der Waals surface area (Å²) < 4.78 is 0. The topological polar surface area (TPSA) is 52.2 Å². The van der Waals surface area contributed by atoms with Gasteiger partial charge in [0.15, 0.2) is 0 Å². The minimum absolute atomic E-state index is 0.254. The molecule has 5 heteroatoms. The number of aromatic amines is 1. The van der Waals surface area contributed by atoms with Crippen LogP contribution in [0.4, 0.5) is 0 Å². The normalized spacial score (nSPS) is 22.1. The minimum atomic E-state index is 0.254. The average Bonchev–Trinajstić information content (AvgIpc) is 2.97. The van der Waals surface area contributed by atoms with Crippen molar-refractivity contribution in [3.63, 3.8) is 0 Å². The van der Waals surface area contributed by atoms with Gasteiger partial charge in [-0.1, -0.05) is 0 Å². The number of carbonyl (C=O) groups is 1. The third kappa shape index (κ3) is 2.84. The van der Waals surface area contributed by atoms with E-state index in [1.807, 2.05) is 13.8 Å². The second-order valence-corrected chi connectivity index (χ2v) is 6.96. The Bertz CT molecular complexity index is 509. The Morgan fingerprint density at radius 2 is 1.90 bits per heavy atom. The van der Waals surface area contributed by atoms with Crippen LogP contribution in [0.3, 0.4) is 0 Å². The van der Waals surface area contributed by atoms with Crippen molar-refractivity contribution >= 4 is 5.91 Å². The summed E-state index contributed by atoms with van der Waals surface area (Å²) in [5.74, 6) is 0.254. The van der Waals surface area contributed by atoms with Crippen LogP contribution in [0.15, 0.2) is 0 Å². The number of aromatic nitrogens is 2. The van der Waals surface area contributed by atoms with E-state index in [-0.39, 0.29) is 5.91 Å². The van der Waals surface area contributed by atoms with Gasteiger partial charge in [0.25, 0.3) is 0 Å². The van der Waals surface area contributed by atoms with E-state index in [0.29, 0.717) is 11.8 Å². The van der Waals surface area contributed by atoms with Gasteiger partial charge in [-0.3, -0.25) is 9.89 Å². The molecule has 0 saturated carbocycles. The number of hydrogen-bond donors (Lipinski definition) is 1. The zero-order chi connectivity index (χ0) is 15.0.